The first-order valence-electron chi connectivity index (χ1n) is 9.87. The van der Waals surface area contributed by atoms with Crippen molar-refractivity contribution >= 4 is 23.2 Å². The highest BCUT2D eigenvalue weighted by Gasteiger charge is 2.24. The van der Waals surface area contributed by atoms with Crippen LogP contribution in [-0.2, 0) is 6.42 Å². The summed E-state index contributed by atoms with van der Waals surface area (Å²) < 4.78 is 0. The molecular formula is C21H26N6O. The molecule has 1 aromatic carbocycles. The Kier molecular flexibility index (Phi) is 5.14. The summed E-state index contributed by atoms with van der Waals surface area (Å²) >= 11 is 0. The van der Waals surface area contributed by atoms with Gasteiger partial charge in [-0.2, -0.15) is 5.10 Å². The molecule has 0 atom stereocenters. The standard InChI is InChI=1S/C21H26N6O/c22-19(25-23)15-6-8-18(9-7-15)27-12-4-5-16-13-17(14-24-20(16)27)21(28)26-10-2-1-3-11-26/h6-9,13-14H,1-5,10-12,23H2,(H2,22,25). The summed E-state index contributed by atoms with van der Waals surface area (Å²) in [5.74, 6) is 6.59. The largest absolute Gasteiger partial charge is 0.382 e. The van der Waals surface area contributed by atoms with Gasteiger partial charge in [-0.25, -0.2) is 4.98 Å². The van der Waals surface area contributed by atoms with E-state index in [9.17, 15) is 4.79 Å². The van der Waals surface area contributed by atoms with E-state index in [1.54, 1.807) is 6.20 Å². The molecule has 2 aliphatic heterocycles. The Morgan fingerprint density at radius 3 is 2.46 bits per heavy atom. The maximum atomic E-state index is 12.8. The van der Waals surface area contributed by atoms with Crippen molar-refractivity contribution in [2.45, 2.75) is 32.1 Å². The summed E-state index contributed by atoms with van der Waals surface area (Å²) in [7, 11) is 0. The van der Waals surface area contributed by atoms with Crippen molar-refractivity contribution in [3.63, 3.8) is 0 Å². The zero-order valence-electron chi connectivity index (χ0n) is 16.0. The van der Waals surface area contributed by atoms with E-state index in [-0.39, 0.29) is 5.91 Å². The molecule has 146 valence electrons. The zero-order valence-corrected chi connectivity index (χ0v) is 16.0. The van der Waals surface area contributed by atoms with E-state index in [1.807, 2.05) is 35.2 Å². The monoisotopic (exact) mass is 378 g/mol. The molecular weight excluding hydrogens is 352 g/mol. The van der Waals surface area contributed by atoms with Crippen LogP contribution in [0, 0.1) is 0 Å². The van der Waals surface area contributed by atoms with E-state index in [0.29, 0.717) is 11.4 Å². The fourth-order valence-corrected chi connectivity index (χ4v) is 4.00. The lowest BCUT2D eigenvalue weighted by Crippen LogP contribution is -2.36. The van der Waals surface area contributed by atoms with Crippen molar-refractivity contribution in [1.82, 2.24) is 9.88 Å². The first kappa shape index (κ1) is 18.3. The molecule has 1 fully saturated rings. The van der Waals surface area contributed by atoms with Gasteiger partial charge in [-0.1, -0.05) is 0 Å². The molecule has 3 heterocycles. The van der Waals surface area contributed by atoms with Gasteiger partial charge in [0.1, 0.15) is 11.7 Å². The summed E-state index contributed by atoms with van der Waals surface area (Å²) in [4.78, 5) is 21.6. The number of benzene rings is 1. The number of carbonyl (C=O) groups is 1. The van der Waals surface area contributed by atoms with Crippen LogP contribution in [0.2, 0.25) is 0 Å². The second-order valence-corrected chi connectivity index (χ2v) is 7.38. The van der Waals surface area contributed by atoms with Crippen LogP contribution in [0.15, 0.2) is 41.6 Å². The Hall–Kier alpha value is -3.09. The summed E-state index contributed by atoms with van der Waals surface area (Å²) in [5.41, 5.74) is 9.42. The predicted octanol–water partition coefficient (Wildman–Crippen LogP) is 2.37. The van der Waals surface area contributed by atoms with Crippen molar-refractivity contribution in [3.8, 4) is 0 Å². The van der Waals surface area contributed by atoms with Gasteiger partial charge in [0.25, 0.3) is 5.91 Å². The van der Waals surface area contributed by atoms with Crippen molar-refractivity contribution in [2.75, 3.05) is 24.5 Å². The third kappa shape index (κ3) is 3.52. The van der Waals surface area contributed by atoms with Gasteiger partial charge in [-0.05, 0) is 68.0 Å². The Morgan fingerprint density at radius 1 is 1.00 bits per heavy atom. The van der Waals surface area contributed by atoms with Gasteiger partial charge in [0, 0.05) is 37.1 Å². The number of amides is 1. The molecule has 28 heavy (non-hydrogen) atoms. The van der Waals surface area contributed by atoms with Crippen molar-refractivity contribution in [2.24, 2.45) is 16.7 Å². The highest BCUT2D eigenvalue weighted by atomic mass is 16.2. The van der Waals surface area contributed by atoms with Crippen LogP contribution >= 0.6 is 0 Å². The van der Waals surface area contributed by atoms with Crippen LogP contribution in [0.3, 0.4) is 0 Å². The minimum atomic E-state index is 0.105. The molecule has 1 amide bonds. The van der Waals surface area contributed by atoms with Crippen molar-refractivity contribution in [1.29, 1.82) is 0 Å². The Morgan fingerprint density at radius 2 is 1.75 bits per heavy atom. The molecule has 0 saturated carbocycles. The molecule has 7 nitrogen and oxygen atoms in total. The summed E-state index contributed by atoms with van der Waals surface area (Å²) in [6.45, 7) is 2.59. The molecule has 1 saturated heterocycles. The molecule has 0 unspecified atom stereocenters. The molecule has 2 aromatic rings. The van der Waals surface area contributed by atoms with E-state index >= 15 is 0 Å². The lowest BCUT2D eigenvalue weighted by molar-refractivity contribution is 0.0724. The number of amidine groups is 1. The lowest BCUT2D eigenvalue weighted by Gasteiger charge is -2.31. The van der Waals surface area contributed by atoms with Gasteiger partial charge >= 0.3 is 0 Å². The van der Waals surface area contributed by atoms with E-state index in [4.69, 9.17) is 11.6 Å². The number of aromatic nitrogens is 1. The average molecular weight is 378 g/mol. The fraction of sp³-hybridized carbons (Fsp3) is 0.381. The third-order valence-corrected chi connectivity index (χ3v) is 5.53. The normalized spacial score (nSPS) is 17.4. The van der Waals surface area contributed by atoms with Gasteiger partial charge < -0.3 is 21.4 Å². The van der Waals surface area contributed by atoms with Gasteiger partial charge in [0.2, 0.25) is 0 Å². The molecule has 4 N–H and O–H groups in total. The van der Waals surface area contributed by atoms with E-state index < -0.39 is 0 Å². The number of hydrazone groups is 1. The first-order chi connectivity index (χ1) is 13.7. The molecule has 0 aliphatic carbocycles. The minimum absolute atomic E-state index is 0.105. The number of anilines is 2. The fourth-order valence-electron chi connectivity index (χ4n) is 4.00. The number of pyridine rings is 1. The van der Waals surface area contributed by atoms with Crippen LogP contribution in [0.1, 0.15) is 47.2 Å². The number of carbonyl (C=O) groups excluding carboxylic acids is 1. The van der Waals surface area contributed by atoms with Gasteiger partial charge in [0.15, 0.2) is 0 Å². The first-order valence-corrected chi connectivity index (χ1v) is 9.87. The maximum absolute atomic E-state index is 12.8. The number of rotatable bonds is 3. The zero-order chi connectivity index (χ0) is 19.5. The highest BCUT2D eigenvalue weighted by molar-refractivity contribution is 5.97. The van der Waals surface area contributed by atoms with Crippen molar-refractivity contribution in [3.05, 3.63) is 53.2 Å². The lowest BCUT2D eigenvalue weighted by atomic mass is 10.0. The smallest absolute Gasteiger partial charge is 0.255 e. The number of hydrogen-bond donors (Lipinski definition) is 2. The van der Waals surface area contributed by atoms with Crippen LogP contribution < -0.4 is 16.5 Å². The number of fused-ring (bicyclic) bond motifs is 1. The predicted molar refractivity (Wildman–Crippen MR) is 111 cm³/mol. The summed E-state index contributed by atoms with van der Waals surface area (Å²) in [6.07, 6.45) is 7.07. The van der Waals surface area contributed by atoms with E-state index in [1.165, 1.54) is 6.42 Å². The number of nitrogens with zero attached hydrogens (tertiary/aromatic N) is 4. The van der Waals surface area contributed by atoms with Crippen LogP contribution in [0.5, 0.6) is 0 Å². The molecule has 0 radical (unpaired) electrons. The van der Waals surface area contributed by atoms with Crippen LogP contribution in [0.25, 0.3) is 0 Å². The Balaban J connectivity index is 1.59. The summed E-state index contributed by atoms with van der Waals surface area (Å²) in [6, 6.07) is 9.83. The third-order valence-electron chi connectivity index (χ3n) is 5.53. The quantitative estimate of drug-likeness (QED) is 0.370. The van der Waals surface area contributed by atoms with Gasteiger partial charge in [-0.3, -0.25) is 4.79 Å². The van der Waals surface area contributed by atoms with E-state index in [0.717, 1.165) is 67.9 Å². The highest BCUT2D eigenvalue weighted by Crippen LogP contribution is 2.32. The maximum Gasteiger partial charge on any atom is 0.255 e. The average Bonchev–Trinajstić information content (AvgIpc) is 2.78. The number of piperidine rings is 1. The number of nitrogens with two attached hydrogens (primary N) is 2. The molecule has 0 spiro atoms. The molecule has 1 aromatic heterocycles. The SMILES string of the molecule is NN=C(N)c1ccc(N2CCCc3cc(C(=O)N4CCCCC4)cnc32)cc1. The molecule has 2 aliphatic rings. The summed E-state index contributed by atoms with van der Waals surface area (Å²) in [5, 5.41) is 3.53. The van der Waals surface area contributed by atoms with Crippen LogP contribution in [-0.4, -0.2) is 41.3 Å². The van der Waals surface area contributed by atoms with Gasteiger partial charge in [0.05, 0.1) is 5.56 Å². The Labute approximate surface area is 165 Å². The molecule has 7 heteroatoms. The number of aryl methyl sites for hydroxylation is 1. The number of likely N-dealkylation sites (tertiary alicyclic amines) is 1. The van der Waals surface area contributed by atoms with E-state index in [2.05, 4.69) is 15.0 Å². The minimum Gasteiger partial charge on any atom is -0.382 e. The molecule has 0 bridgehead atoms. The van der Waals surface area contributed by atoms with Gasteiger partial charge in [-0.15, -0.1) is 0 Å². The van der Waals surface area contributed by atoms with Crippen molar-refractivity contribution < 1.29 is 4.79 Å². The second kappa shape index (κ2) is 7.88. The van der Waals surface area contributed by atoms with Crippen LogP contribution in [0.4, 0.5) is 11.5 Å². The number of hydrogen-bond acceptors (Lipinski definition) is 5. The second-order valence-electron chi connectivity index (χ2n) is 7.38. The Bertz CT molecular complexity index is 886. The molecule has 4 rings (SSSR count). The topological polar surface area (TPSA) is 101 Å².